The maximum absolute atomic E-state index is 5.85. The predicted octanol–water partition coefficient (Wildman–Crippen LogP) is 4.54. The zero-order chi connectivity index (χ0) is 11.6. The van der Waals surface area contributed by atoms with E-state index in [-0.39, 0.29) is 5.41 Å². The average molecular weight is 214 g/mol. The molecule has 0 aliphatic carbocycles. The van der Waals surface area contributed by atoms with E-state index in [1.54, 1.807) is 0 Å². The largest absolute Gasteiger partial charge is 0.461 e. The number of hydrogen-bond donors (Lipinski definition) is 0. The first kappa shape index (κ1) is 11.0. The van der Waals surface area contributed by atoms with Crippen LogP contribution >= 0.6 is 0 Å². The lowest BCUT2D eigenvalue weighted by Crippen LogP contribution is -2.08. The fourth-order valence-corrected chi connectivity index (χ4v) is 1.75. The predicted molar refractivity (Wildman–Crippen MR) is 67.3 cm³/mol. The van der Waals surface area contributed by atoms with E-state index in [1.165, 1.54) is 0 Å². The van der Waals surface area contributed by atoms with Gasteiger partial charge < -0.3 is 4.42 Å². The number of rotatable bonds is 2. The Morgan fingerprint density at radius 1 is 0.938 bits per heavy atom. The Balaban J connectivity index is 2.21. The molecule has 0 amide bonds. The smallest absolute Gasteiger partial charge is 0.134 e. The first-order valence-corrected chi connectivity index (χ1v) is 5.69. The molecule has 1 heteroatoms. The average Bonchev–Trinajstić information content (AvgIpc) is 2.65. The molecule has 0 bridgehead atoms. The van der Waals surface area contributed by atoms with E-state index in [0.29, 0.717) is 0 Å². The maximum atomic E-state index is 5.85. The second-order valence-electron chi connectivity index (χ2n) is 5.37. The highest BCUT2D eigenvalue weighted by molar-refractivity contribution is 5.57. The van der Waals surface area contributed by atoms with Crippen molar-refractivity contribution in [3.63, 3.8) is 0 Å². The molecule has 0 saturated carbocycles. The lowest BCUT2D eigenvalue weighted by Gasteiger charge is -2.15. The van der Waals surface area contributed by atoms with E-state index in [4.69, 9.17) is 4.42 Å². The Labute approximate surface area is 97.1 Å². The third-order valence-electron chi connectivity index (χ3n) is 2.42. The minimum atomic E-state index is 0.270. The van der Waals surface area contributed by atoms with Gasteiger partial charge in [0.1, 0.15) is 11.5 Å². The van der Waals surface area contributed by atoms with Crippen molar-refractivity contribution in [2.75, 3.05) is 0 Å². The molecule has 0 saturated heterocycles. The fraction of sp³-hybridized carbons (Fsp3) is 0.333. The molecule has 0 atom stereocenters. The molecule has 16 heavy (non-hydrogen) atoms. The van der Waals surface area contributed by atoms with Gasteiger partial charge in [0.25, 0.3) is 0 Å². The summed E-state index contributed by atoms with van der Waals surface area (Å²) in [5.74, 6) is 2.02. The van der Waals surface area contributed by atoms with E-state index in [0.717, 1.165) is 23.5 Å². The van der Waals surface area contributed by atoms with Crippen molar-refractivity contribution in [3.05, 3.63) is 48.2 Å². The van der Waals surface area contributed by atoms with Crippen molar-refractivity contribution < 1.29 is 4.42 Å². The molecule has 84 valence electrons. The van der Waals surface area contributed by atoms with Crippen molar-refractivity contribution >= 4 is 0 Å². The Kier molecular flexibility index (Phi) is 2.86. The van der Waals surface area contributed by atoms with Crippen molar-refractivity contribution in [2.45, 2.75) is 27.2 Å². The summed E-state index contributed by atoms with van der Waals surface area (Å²) in [7, 11) is 0. The molecule has 0 radical (unpaired) electrons. The molecule has 2 aromatic rings. The van der Waals surface area contributed by atoms with Crippen LogP contribution in [0.1, 0.15) is 26.5 Å². The third-order valence-corrected chi connectivity index (χ3v) is 2.42. The van der Waals surface area contributed by atoms with E-state index in [9.17, 15) is 0 Å². The minimum absolute atomic E-state index is 0.270. The van der Waals surface area contributed by atoms with E-state index in [2.05, 4.69) is 45.0 Å². The molecule has 0 N–H and O–H groups in total. The third kappa shape index (κ3) is 2.75. The molecule has 0 fully saturated rings. The lowest BCUT2D eigenvalue weighted by atomic mass is 9.91. The second-order valence-corrected chi connectivity index (χ2v) is 5.37. The van der Waals surface area contributed by atoms with Crippen LogP contribution < -0.4 is 0 Å². The maximum Gasteiger partial charge on any atom is 0.134 e. The number of hydrogen-bond acceptors (Lipinski definition) is 1. The molecular weight excluding hydrogens is 196 g/mol. The second kappa shape index (κ2) is 4.17. The van der Waals surface area contributed by atoms with E-state index < -0.39 is 0 Å². The van der Waals surface area contributed by atoms with Crippen LogP contribution in [0.5, 0.6) is 0 Å². The molecule has 0 aliphatic rings. The van der Waals surface area contributed by atoms with Crippen molar-refractivity contribution in [3.8, 4) is 11.3 Å². The van der Waals surface area contributed by atoms with E-state index >= 15 is 0 Å². The molecule has 1 nitrogen and oxygen atoms in total. The van der Waals surface area contributed by atoms with Crippen molar-refractivity contribution in [1.29, 1.82) is 0 Å². The standard InChI is InChI=1S/C15H18O/c1-15(2,3)11-13-9-10-14(16-13)12-7-5-4-6-8-12/h4-10H,11H2,1-3H3. The highest BCUT2D eigenvalue weighted by Crippen LogP contribution is 2.26. The van der Waals surface area contributed by atoms with Gasteiger partial charge in [0.05, 0.1) is 0 Å². The number of benzene rings is 1. The fourth-order valence-electron chi connectivity index (χ4n) is 1.75. The molecule has 1 heterocycles. The Hall–Kier alpha value is -1.50. The van der Waals surface area contributed by atoms with Gasteiger partial charge in [-0.25, -0.2) is 0 Å². The van der Waals surface area contributed by atoms with Crippen LogP contribution in [-0.2, 0) is 6.42 Å². The van der Waals surface area contributed by atoms with Gasteiger partial charge in [-0.2, -0.15) is 0 Å². The van der Waals surface area contributed by atoms with Gasteiger partial charge in [0, 0.05) is 12.0 Å². The van der Waals surface area contributed by atoms with Crippen LogP contribution in [0.15, 0.2) is 46.9 Å². The monoisotopic (exact) mass is 214 g/mol. The van der Waals surface area contributed by atoms with Gasteiger partial charge in [-0.1, -0.05) is 51.1 Å². The van der Waals surface area contributed by atoms with Crippen LogP contribution in [0, 0.1) is 5.41 Å². The van der Waals surface area contributed by atoms with Crippen molar-refractivity contribution in [1.82, 2.24) is 0 Å². The summed E-state index contributed by atoms with van der Waals surface area (Å²) in [5.41, 5.74) is 1.41. The summed E-state index contributed by atoms with van der Waals surface area (Å²) in [6.07, 6.45) is 0.972. The molecule has 0 spiro atoms. The normalized spacial score (nSPS) is 11.7. The molecule has 1 aromatic carbocycles. The summed E-state index contributed by atoms with van der Waals surface area (Å²) in [6.45, 7) is 6.66. The summed E-state index contributed by atoms with van der Waals surface area (Å²) >= 11 is 0. The van der Waals surface area contributed by atoms with Crippen LogP contribution in [0.3, 0.4) is 0 Å². The molecular formula is C15H18O. The SMILES string of the molecule is CC(C)(C)Cc1ccc(-c2ccccc2)o1. The zero-order valence-corrected chi connectivity index (χ0v) is 10.2. The quantitative estimate of drug-likeness (QED) is 0.715. The van der Waals surface area contributed by atoms with Crippen LogP contribution in [0.2, 0.25) is 0 Å². The Bertz CT molecular complexity index is 446. The van der Waals surface area contributed by atoms with Gasteiger partial charge in [-0.15, -0.1) is 0 Å². The highest BCUT2D eigenvalue weighted by Gasteiger charge is 2.14. The minimum Gasteiger partial charge on any atom is -0.461 e. The zero-order valence-electron chi connectivity index (χ0n) is 10.2. The van der Waals surface area contributed by atoms with Crippen LogP contribution in [0.4, 0.5) is 0 Å². The van der Waals surface area contributed by atoms with Crippen LogP contribution in [-0.4, -0.2) is 0 Å². The first-order valence-electron chi connectivity index (χ1n) is 5.69. The topological polar surface area (TPSA) is 13.1 Å². The van der Waals surface area contributed by atoms with Gasteiger partial charge in [0.15, 0.2) is 0 Å². The molecule has 0 aliphatic heterocycles. The Morgan fingerprint density at radius 3 is 2.25 bits per heavy atom. The first-order chi connectivity index (χ1) is 7.54. The summed E-state index contributed by atoms with van der Waals surface area (Å²) in [4.78, 5) is 0. The summed E-state index contributed by atoms with van der Waals surface area (Å²) < 4.78 is 5.85. The van der Waals surface area contributed by atoms with Crippen molar-refractivity contribution in [2.24, 2.45) is 5.41 Å². The summed E-state index contributed by atoms with van der Waals surface area (Å²) in [6, 6.07) is 14.3. The van der Waals surface area contributed by atoms with E-state index in [1.807, 2.05) is 18.2 Å². The molecule has 0 unspecified atom stereocenters. The Morgan fingerprint density at radius 2 is 1.62 bits per heavy atom. The molecule has 1 aromatic heterocycles. The van der Waals surface area contributed by atoms with Crippen LogP contribution in [0.25, 0.3) is 11.3 Å². The summed E-state index contributed by atoms with van der Waals surface area (Å²) in [5, 5.41) is 0. The van der Waals surface area contributed by atoms with Gasteiger partial charge >= 0.3 is 0 Å². The number of furan rings is 1. The van der Waals surface area contributed by atoms with Gasteiger partial charge in [-0.3, -0.25) is 0 Å². The lowest BCUT2D eigenvalue weighted by molar-refractivity contribution is 0.366. The van der Waals surface area contributed by atoms with Gasteiger partial charge in [0.2, 0.25) is 0 Å². The van der Waals surface area contributed by atoms with Gasteiger partial charge in [-0.05, 0) is 17.5 Å². The molecule has 2 rings (SSSR count). The highest BCUT2D eigenvalue weighted by atomic mass is 16.3.